The Morgan fingerprint density at radius 1 is 1.12 bits per heavy atom. The number of imide groups is 1. The highest BCUT2D eigenvalue weighted by molar-refractivity contribution is 7.91. The van der Waals surface area contributed by atoms with Gasteiger partial charge in [-0.3, -0.25) is 19.3 Å². The zero-order valence-electron chi connectivity index (χ0n) is 18.6. The van der Waals surface area contributed by atoms with Gasteiger partial charge in [-0.05, 0) is 38.3 Å². The lowest BCUT2D eigenvalue weighted by Gasteiger charge is -2.31. The Bertz CT molecular complexity index is 1020. The molecule has 3 rings (SSSR count). The van der Waals surface area contributed by atoms with Gasteiger partial charge < -0.3 is 9.64 Å². The second-order valence-corrected chi connectivity index (χ2v) is 10.7. The SMILES string of the molecule is CCN(C(=O)[C@H](C)OC(=O)[C@H](C(C)C)N1C(=O)c2ccccc2C1=O)[C@@H]1CCS(=O)(=O)C1. The summed E-state index contributed by atoms with van der Waals surface area (Å²) >= 11 is 0. The van der Waals surface area contributed by atoms with Crippen LogP contribution in [0.15, 0.2) is 24.3 Å². The molecule has 0 aliphatic carbocycles. The molecule has 3 atom stereocenters. The van der Waals surface area contributed by atoms with Crippen molar-refractivity contribution in [1.29, 1.82) is 0 Å². The molecular weight excluding hydrogens is 436 g/mol. The first kappa shape index (κ1) is 23.9. The van der Waals surface area contributed by atoms with Gasteiger partial charge in [-0.15, -0.1) is 0 Å². The van der Waals surface area contributed by atoms with Gasteiger partial charge in [0.25, 0.3) is 17.7 Å². The van der Waals surface area contributed by atoms with E-state index in [1.54, 1.807) is 32.9 Å². The van der Waals surface area contributed by atoms with Crippen molar-refractivity contribution in [2.75, 3.05) is 18.1 Å². The number of amides is 3. The van der Waals surface area contributed by atoms with Gasteiger partial charge in [0.2, 0.25) is 0 Å². The van der Waals surface area contributed by atoms with E-state index in [0.29, 0.717) is 6.42 Å². The minimum absolute atomic E-state index is 0.0186. The normalized spacial score (nSPS) is 21.4. The second kappa shape index (κ2) is 9.01. The van der Waals surface area contributed by atoms with Gasteiger partial charge in [-0.25, -0.2) is 13.2 Å². The molecule has 174 valence electrons. The third kappa shape index (κ3) is 4.41. The number of esters is 1. The van der Waals surface area contributed by atoms with Crippen molar-refractivity contribution >= 4 is 33.5 Å². The second-order valence-electron chi connectivity index (χ2n) is 8.47. The van der Waals surface area contributed by atoms with Gasteiger partial charge >= 0.3 is 5.97 Å². The number of carbonyl (C=O) groups is 4. The summed E-state index contributed by atoms with van der Waals surface area (Å²) in [6.45, 7) is 6.78. The lowest BCUT2D eigenvalue weighted by Crippen LogP contribution is -2.51. The Morgan fingerprint density at radius 3 is 2.12 bits per heavy atom. The van der Waals surface area contributed by atoms with Crippen molar-refractivity contribution in [3.05, 3.63) is 35.4 Å². The molecule has 0 saturated carbocycles. The van der Waals surface area contributed by atoms with Gasteiger partial charge in [-0.2, -0.15) is 0 Å². The molecule has 0 N–H and O–H groups in total. The van der Waals surface area contributed by atoms with E-state index in [1.165, 1.54) is 24.0 Å². The average Bonchev–Trinajstić information content (AvgIpc) is 3.20. The Morgan fingerprint density at radius 2 is 1.69 bits per heavy atom. The maximum Gasteiger partial charge on any atom is 0.330 e. The number of likely N-dealkylation sites (N-methyl/N-ethyl adjacent to an activating group) is 1. The zero-order chi connectivity index (χ0) is 23.8. The summed E-state index contributed by atoms with van der Waals surface area (Å²) in [6.07, 6.45) is -0.853. The summed E-state index contributed by atoms with van der Waals surface area (Å²) in [6, 6.07) is 4.67. The number of hydrogen-bond donors (Lipinski definition) is 0. The highest BCUT2D eigenvalue weighted by Crippen LogP contribution is 2.28. The van der Waals surface area contributed by atoms with Crippen LogP contribution in [0, 0.1) is 5.92 Å². The summed E-state index contributed by atoms with van der Waals surface area (Å²) in [5, 5.41) is 0. The van der Waals surface area contributed by atoms with Crippen LogP contribution < -0.4 is 0 Å². The maximum absolute atomic E-state index is 13.0. The average molecular weight is 465 g/mol. The van der Waals surface area contributed by atoms with Crippen molar-refractivity contribution in [3.63, 3.8) is 0 Å². The largest absolute Gasteiger partial charge is 0.451 e. The Balaban J connectivity index is 1.76. The van der Waals surface area contributed by atoms with E-state index in [2.05, 4.69) is 0 Å². The van der Waals surface area contributed by atoms with E-state index in [4.69, 9.17) is 4.74 Å². The molecule has 9 nitrogen and oxygen atoms in total. The molecule has 0 bridgehead atoms. The van der Waals surface area contributed by atoms with E-state index in [-0.39, 0.29) is 29.2 Å². The fourth-order valence-electron chi connectivity index (χ4n) is 4.28. The van der Waals surface area contributed by atoms with Crippen LogP contribution in [0.2, 0.25) is 0 Å². The molecule has 2 aliphatic heterocycles. The molecule has 0 spiro atoms. The van der Waals surface area contributed by atoms with Crippen LogP contribution in [-0.4, -0.2) is 78.1 Å². The van der Waals surface area contributed by atoms with Crippen LogP contribution >= 0.6 is 0 Å². The first-order chi connectivity index (χ1) is 15.0. The van der Waals surface area contributed by atoms with E-state index >= 15 is 0 Å². The molecule has 1 aromatic rings. The Hall–Kier alpha value is -2.75. The smallest absolute Gasteiger partial charge is 0.330 e. The third-order valence-corrected chi connectivity index (χ3v) is 7.64. The van der Waals surface area contributed by atoms with Crippen LogP contribution in [0.4, 0.5) is 0 Å². The molecule has 1 saturated heterocycles. The number of carbonyl (C=O) groups excluding carboxylic acids is 4. The lowest BCUT2D eigenvalue weighted by molar-refractivity contribution is -0.164. The number of ether oxygens (including phenoxy) is 1. The van der Waals surface area contributed by atoms with Crippen LogP contribution in [0.1, 0.15) is 54.8 Å². The number of nitrogens with zero attached hydrogens (tertiary/aromatic N) is 2. The zero-order valence-corrected chi connectivity index (χ0v) is 19.4. The number of benzene rings is 1. The van der Waals surface area contributed by atoms with Crippen molar-refractivity contribution < 1.29 is 32.3 Å². The number of sulfone groups is 1. The van der Waals surface area contributed by atoms with Crippen LogP contribution in [0.25, 0.3) is 0 Å². The molecule has 2 aliphatic rings. The van der Waals surface area contributed by atoms with E-state index < -0.39 is 57.6 Å². The molecular formula is C22H28N2O7S. The minimum Gasteiger partial charge on any atom is -0.451 e. The van der Waals surface area contributed by atoms with Crippen molar-refractivity contribution in [1.82, 2.24) is 9.80 Å². The molecule has 32 heavy (non-hydrogen) atoms. The van der Waals surface area contributed by atoms with Gasteiger partial charge in [-0.1, -0.05) is 26.0 Å². The highest BCUT2D eigenvalue weighted by atomic mass is 32.2. The van der Waals surface area contributed by atoms with Gasteiger partial charge in [0.15, 0.2) is 15.9 Å². The first-order valence-corrected chi connectivity index (χ1v) is 12.5. The predicted molar refractivity (Wildman–Crippen MR) is 116 cm³/mol. The minimum atomic E-state index is -3.19. The maximum atomic E-state index is 13.0. The number of fused-ring (bicyclic) bond motifs is 1. The molecule has 0 unspecified atom stereocenters. The van der Waals surface area contributed by atoms with E-state index in [1.807, 2.05) is 0 Å². The van der Waals surface area contributed by atoms with Gasteiger partial charge in [0.05, 0.1) is 22.6 Å². The van der Waals surface area contributed by atoms with Gasteiger partial charge in [0.1, 0.15) is 6.04 Å². The Kier molecular flexibility index (Phi) is 6.73. The highest BCUT2D eigenvalue weighted by Gasteiger charge is 2.45. The van der Waals surface area contributed by atoms with Crippen molar-refractivity contribution in [2.24, 2.45) is 5.92 Å². The summed E-state index contributed by atoms with van der Waals surface area (Å²) in [5.41, 5.74) is 0.444. The molecule has 2 heterocycles. The van der Waals surface area contributed by atoms with Crippen LogP contribution in [-0.2, 0) is 24.2 Å². The van der Waals surface area contributed by atoms with E-state index in [0.717, 1.165) is 4.90 Å². The molecule has 0 aromatic heterocycles. The third-order valence-electron chi connectivity index (χ3n) is 5.89. The Labute approximate surface area is 187 Å². The quantitative estimate of drug-likeness (QED) is 0.440. The predicted octanol–water partition coefficient (Wildman–Crippen LogP) is 1.27. The topological polar surface area (TPSA) is 118 Å². The number of rotatable bonds is 7. The lowest BCUT2D eigenvalue weighted by atomic mass is 10.0. The summed E-state index contributed by atoms with van der Waals surface area (Å²) in [4.78, 5) is 53.9. The summed E-state index contributed by atoms with van der Waals surface area (Å²) < 4.78 is 29.0. The summed E-state index contributed by atoms with van der Waals surface area (Å²) in [5.74, 6) is -3.06. The molecule has 1 aromatic carbocycles. The molecule has 1 fully saturated rings. The van der Waals surface area contributed by atoms with Crippen molar-refractivity contribution in [2.45, 2.75) is 52.3 Å². The summed E-state index contributed by atoms with van der Waals surface area (Å²) in [7, 11) is -3.19. The van der Waals surface area contributed by atoms with Gasteiger partial charge in [0, 0.05) is 12.6 Å². The molecule has 0 radical (unpaired) electrons. The van der Waals surface area contributed by atoms with Crippen LogP contribution in [0.5, 0.6) is 0 Å². The fraction of sp³-hybridized carbons (Fsp3) is 0.545. The van der Waals surface area contributed by atoms with Crippen molar-refractivity contribution in [3.8, 4) is 0 Å². The molecule has 10 heteroatoms. The monoisotopic (exact) mass is 464 g/mol. The van der Waals surface area contributed by atoms with Crippen LogP contribution in [0.3, 0.4) is 0 Å². The number of hydrogen-bond acceptors (Lipinski definition) is 7. The van der Waals surface area contributed by atoms with E-state index in [9.17, 15) is 27.6 Å². The first-order valence-electron chi connectivity index (χ1n) is 10.7. The fourth-order valence-corrected chi connectivity index (χ4v) is 6.01. The standard InChI is InChI=1S/C22H28N2O7S/c1-5-23(15-10-11-32(29,30)12-15)19(25)14(4)31-22(28)18(13(2)3)24-20(26)16-8-6-7-9-17(16)21(24)27/h6-9,13-15,18H,5,10-12H2,1-4H3/t14-,15+,18-/m0/s1. The molecule has 3 amide bonds.